The molecule has 2 atom stereocenters. The Morgan fingerprint density at radius 2 is 1.58 bits per heavy atom. The van der Waals surface area contributed by atoms with E-state index in [1.54, 1.807) is 43.5 Å². The first kappa shape index (κ1) is 33.2. The largest absolute Gasteiger partial charge is 0.481 e. The molecule has 0 spiro atoms. The molecule has 1 heterocycles. The van der Waals surface area contributed by atoms with Crippen LogP contribution in [0.3, 0.4) is 0 Å². The quantitative estimate of drug-likeness (QED) is 0.211. The Labute approximate surface area is 250 Å². The summed E-state index contributed by atoms with van der Waals surface area (Å²) in [5.74, 6) is -2.78. The number of esters is 1. The van der Waals surface area contributed by atoms with Crippen LogP contribution in [-0.2, 0) is 14.3 Å². The molecular weight excluding hydrogens is 555 g/mol. The highest BCUT2D eigenvalue weighted by Gasteiger charge is 2.30. The van der Waals surface area contributed by atoms with Gasteiger partial charge in [0.2, 0.25) is 0 Å². The molecule has 0 saturated heterocycles. The lowest BCUT2D eigenvalue weighted by Gasteiger charge is -2.20. The van der Waals surface area contributed by atoms with Crippen LogP contribution in [0.25, 0.3) is 28.3 Å². The van der Waals surface area contributed by atoms with Crippen molar-refractivity contribution < 1.29 is 38.8 Å². The predicted octanol–water partition coefficient (Wildman–Crippen LogP) is 5.21. The van der Waals surface area contributed by atoms with E-state index in [9.17, 15) is 29.0 Å². The Morgan fingerprint density at radius 3 is 2.14 bits per heavy atom. The van der Waals surface area contributed by atoms with Gasteiger partial charge in [-0.1, -0.05) is 48.5 Å². The summed E-state index contributed by atoms with van der Waals surface area (Å²) >= 11 is 0. The van der Waals surface area contributed by atoms with Gasteiger partial charge in [0.1, 0.15) is 23.7 Å². The third kappa shape index (κ3) is 9.10. The van der Waals surface area contributed by atoms with E-state index in [1.807, 2.05) is 44.2 Å². The van der Waals surface area contributed by atoms with E-state index in [0.717, 1.165) is 0 Å². The number of amides is 1. The first-order valence-corrected chi connectivity index (χ1v) is 14.0. The zero-order valence-corrected chi connectivity index (χ0v) is 25.0. The van der Waals surface area contributed by atoms with Gasteiger partial charge in [0.25, 0.3) is 5.91 Å². The van der Waals surface area contributed by atoms with E-state index in [4.69, 9.17) is 9.84 Å². The molecule has 3 aromatic rings. The van der Waals surface area contributed by atoms with Gasteiger partial charge in [-0.15, -0.1) is 0 Å². The van der Waals surface area contributed by atoms with Crippen molar-refractivity contribution in [2.45, 2.75) is 71.3 Å². The van der Waals surface area contributed by atoms with Crippen molar-refractivity contribution in [2.75, 3.05) is 6.54 Å². The number of aliphatic hydroxyl groups excluding tert-OH is 2. The number of carbonyl (C=O) groups is 3. The SMILES string of the molecule is CC(C)n1c(C=CC(O)CC(O)CC(=O)O)c(-c2ccc(F)cc2)c(-c2ccccc2)c1C(=O)NCC(=O)OC(C)(C)C. The monoisotopic (exact) mass is 594 g/mol. The van der Waals surface area contributed by atoms with Crippen molar-refractivity contribution in [3.63, 3.8) is 0 Å². The molecule has 9 nitrogen and oxygen atoms in total. The van der Waals surface area contributed by atoms with Gasteiger partial charge in [0.15, 0.2) is 0 Å². The number of carboxylic acid groups (broad SMARTS) is 1. The molecule has 1 aromatic heterocycles. The molecule has 0 bridgehead atoms. The number of aliphatic carboxylic acids is 1. The van der Waals surface area contributed by atoms with Crippen LogP contribution in [0.2, 0.25) is 0 Å². The van der Waals surface area contributed by atoms with Crippen LogP contribution in [0.4, 0.5) is 4.39 Å². The van der Waals surface area contributed by atoms with Crippen molar-refractivity contribution in [1.29, 1.82) is 0 Å². The third-order valence-electron chi connectivity index (χ3n) is 6.38. The Kier molecular flexibility index (Phi) is 11.0. The minimum atomic E-state index is -1.26. The van der Waals surface area contributed by atoms with Crippen LogP contribution in [0.15, 0.2) is 60.7 Å². The lowest BCUT2D eigenvalue weighted by molar-refractivity contribution is -0.153. The van der Waals surface area contributed by atoms with Crippen molar-refractivity contribution in [3.8, 4) is 22.3 Å². The van der Waals surface area contributed by atoms with Gasteiger partial charge >= 0.3 is 11.9 Å². The fraction of sp³-hybridized carbons (Fsp3) is 0.364. The van der Waals surface area contributed by atoms with Crippen LogP contribution in [0.1, 0.15) is 69.7 Å². The first-order chi connectivity index (χ1) is 20.2. The smallest absolute Gasteiger partial charge is 0.325 e. The normalized spacial score (nSPS) is 13.2. The number of nitrogens with zero attached hydrogens (tertiary/aromatic N) is 1. The molecule has 4 N–H and O–H groups in total. The van der Waals surface area contributed by atoms with E-state index in [2.05, 4.69) is 5.32 Å². The first-order valence-electron chi connectivity index (χ1n) is 14.0. The molecule has 2 aromatic carbocycles. The van der Waals surface area contributed by atoms with Crippen LogP contribution >= 0.6 is 0 Å². The molecular formula is C33H39FN2O7. The highest BCUT2D eigenvalue weighted by Crippen LogP contribution is 2.42. The maximum Gasteiger partial charge on any atom is 0.325 e. The standard InChI is InChI=1S/C33H39FN2O7/c1-20(2)36-26(16-15-24(37)17-25(38)18-27(39)40)29(22-11-13-23(34)14-12-22)30(21-9-7-6-8-10-21)31(36)32(42)35-19-28(41)43-33(3,4)5/h6-16,20,24-25,37-38H,17-19H2,1-5H3,(H,35,42)(H,39,40). The number of carboxylic acids is 1. The molecule has 0 aliphatic heterocycles. The molecule has 0 fully saturated rings. The molecule has 43 heavy (non-hydrogen) atoms. The van der Waals surface area contributed by atoms with Gasteiger partial charge in [-0.05, 0) is 64.0 Å². The number of ether oxygens (including phenoxy) is 1. The zero-order chi connectivity index (χ0) is 31.9. The number of hydrogen-bond acceptors (Lipinski definition) is 6. The van der Waals surface area contributed by atoms with Crippen molar-refractivity contribution in [1.82, 2.24) is 9.88 Å². The zero-order valence-electron chi connectivity index (χ0n) is 25.0. The average Bonchev–Trinajstić information content (AvgIpc) is 3.25. The minimum absolute atomic E-state index is 0.216. The van der Waals surface area contributed by atoms with Gasteiger partial charge in [-0.3, -0.25) is 14.4 Å². The van der Waals surface area contributed by atoms with E-state index in [1.165, 1.54) is 18.2 Å². The van der Waals surface area contributed by atoms with Gasteiger partial charge in [0.05, 0.1) is 18.6 Å². The fourth-order valence-electron chi connectivity index (χ4n) is 4.78. The molecule has 1 amide bonds. The summed E-state index contributed by atoms with van der Waals surface area (Å²) in [5, 5.41) is 32.3. The van der Waals surface area contributed by atoms with E-state index in [0.29, 0.717) is 27.9 Å². The minimum Gasteiger partial charge on any atom is -0.481 e. The average molecular weight is 595 g/mol. The number of hydrogen-bond donors (Lipinski definition) is 4. The second-order valence-electron chi connectivity index (χ2n) is 11.5. The molecule has 0 aliphatic carbocycles. The molecule has 0 radical (unpaired) electrons. The highest BCUT2D eigenvalue weighted by atomic mass is 19.1. The number of aromatic nitrogens is 1. The van der Waals surface area contributed by atoms with Crippen molar-refractivity contribution >= 4 is 23.9 Å². The number of aliphatic hydroxyl groups is 2. The summed E-state index contributed by atoms with van der Waals surface area (Å²) in [7, 11) is 0. The highest BCUT2D eigenvalue weighted by molar-refractivity contribution is 6.07. The molecule has 2 unspecified atom stereocenters. The number of halogens is 1. The topological polar surface area (TPSA) is 138 Å². The summed E-state index contributed by atoms with van der Waals surface area (Å²) in [4.78, 5) is 37.3. The van der Waals surface area contributed by atoms with Crippen LogP contribution in [0, 0.1) is 5.82 Å². The van der Waals surface area contributed by atoms with Gasteiger partial charge in [0, 0.05) is 29.3 Å². The van der Waals surface area contributed by atoms with Crippen molar-refractivity contribution in [2.24, 2.45) is 0 Å². The Balaban J connectivity index is 2.24. The number of carbonyl (C=O) groups excluding carboxylic acids is 2. The van der Waals surface area contributed by atoms with Crippen LogP contribution in [-0.4, -0.2) is 62.1 Å². The summed E-state index contributed by atoms with van der Waals surface area (Å²) in [6, 6.07) is 14.7. The Hall–Kier alpha value is -4.28. The summed E-state index contributed by atoms with van der Waals surface area (Å²) in [5.41, 5.74) is 2.41. The Morgan fingerprint density at radius 1 is 0.977 bits per heavy atom. The van der Waals surface area contributed by atoms with E-state index < -0.39 is 47.9 Å². The van der Waals surface area contributed by atoms with Crippen LogP contribution < -0.4 is 5.32 Å². The van der Waals surface area contributed by atoms with E-state index >= 15 is 0 Å². The maximum atomic E-state index is 14.0. The molecule has 230 valence electrons. The number of nitrogens with one attached hydrogen (secondary N) is 1. The number of rotatable bonds is 12. The predicted molar refractivity (Wildman–Crippen MR) is 162 cm³/mol. The molecule has 3 rings (SSSR count). The summed E-state index contributed by atoms with van der Waals surface area (Å²) in [6.45, 7) is 8.56. The van der Waals surface area contributed by atoms with E-state index in [-0.39, 0.29) is 24.7 Å². The fourth-order valence-corrected chi connectivity index (χ4v) is 4.78. The summed E-state index contributed by atoms with van der Waals surface area (Å²) < 4.78 is 21.1. The van der Waals surface area contributed by atoms with Crippen molar-refractivity contribution in [3.05, 3.63) is 77.9 Å². The number of benzene rings is 2. The lowest BCUT2D eigenvalue weighted by Crippen LogP contribution is -2.35. The Bertz CT molecular complexity index is 1460. The van der Waals surface area contributed by atoms with Gasteiger partial charge in [-0.2, -0.15) is 0 Å². The van der Waals surface area contributed by atoms with Gasteiger partial charge in [-0.25, -0.2) is 4.39 Å². The second-order valence-corrected chi connectivity index (χ2v) is 11.5. The lowest BCUT2D eigenvalue weighted by atomic mass is 9.94. The summed E-state index contributed by atoms with van der Waals surface area (Å²) in [6.07, 6.45) is -0.174. The molecule has 0 aliphatic rings. The van der Waals surface area contributed by atoms with Crippen LogP contribution in [0.5, 0.6) is 0 Å². The third-order valence-corrected chi connectivity index (χ3v) is 6.38. The second kappa shape index (κ2) is 14.3. The molecule has 0 saturated carbocycles. The molecule has 10 heteroatoms. The van der Waals surface area contributed by atoms with Gasteiger partial charge < -0.3 is 29.9 Å². The maximum absolute atomic E-state index is 14.0.